The van der Waals surface area contributed by atoms with E-state index in [0.717, 1.165) is 29.5 Å². The molecule has 8 nitrogen and oxygen atoms in total. The van der Waals surface area contributed by atoms with Crippen molar-refractivity contribution in [3.63, 3.8) is 0 Å². The lowest BCUT2D eigenvalue weighted by atomic mass is 10.1. The van der Waals surface area contributed by atoms with Gasteiger partial charge >= 0.3 is 5.69 Å². The minimum atomic E-state index is -0.989. The lowest BCUT2D eigenvalue weighted by Gasteiger charge is -2.16. The first-order valence-corrected chi connectivity index (χ1v) is 11.3. The van der Waals surface area contributed by atoms with Gasteiger partial charge in [-0.25, -0.2) is 4.98 Å². The number of hydrogen-bond donors (Lipinski definition) is 1. The highest BCUT2D eigenvalue weighted by Crippen LogP contribution is 2.25. The van der Waals surface area contributed by atoms with E-state index < -0.39 is 22.3 Å². The van der Waals surface area contributed by atoms with Gasteiger partial charge in [0.15, 0.2) is 5.16 Å². The van der Waals surface area contributed by atoms with Crippen molar-refractivity contribution in [2.24, 2.45) is 0 Å². The maximum atomic E-state index is 13.6. The first-order chi connectivity index (χ1) is 16.4. The smallest absolute Gasteiger partial charge is 0.306 e. The van der Waals surface area contributed by atoms with Crippen molar-refractivity contribution in [2.45, 2.75) is 18.5 Å². The summed E-state index contributed by atoms with van der Waals surface area (Å²) in [5.74, 6) is -1.59. The Morgan fingerprint density at radius 2 is 1.88 bits per heavy atom. The van der Waals surface area contributed by atoms with Crippen LogP contribution >= 0.6 is 11.8 Å². The summed E-state index contributed by atoms with van der Waals surface area (Å²) >= 11 is 1.06. The Bertz CT molecular complexity index is 1470. The Morgan fingerprint density at radius 1 is 1.15 bits per heavy atom. The van der Waals surface area contributed by atoms with Crippen molar-refractivity contribution in [3.05, 3.63) is 98.6 Å². The van der Waals surface area contributed by atoms with E-state index in [-0.39, 0.29) is 17.0 Å². The average molecular weight is 479 g/mol. The summed E-state index contributed by atoms with van der Waals surface area (Å²) in [6.07, 6.45) is 0.698. The SMILES string of the molecule is CCc1ccccc1-n1c(SCC(=O)Nc2ccc(F)c([N+](=O)[O-])c2)nc2ccccc2c1=O. The number of nitro benzene ring substituents is 1. The van der Waals surface area contributed by atoms with Crippen molar-refractivity contribution in [1.29, 1.82) is 0 Å². The molecule has 0 aliphatic rings. The van der Waals surface area contributed by atoms with E-state index >= 15 is 0 Å². The highest BCUT2D eigenvalue weighted by molar-refractivity contribution is 7.99. The number of nitrogens with one attached hydrogen (secondary N) is 1. The summed E-state index contributed by atoms with van der Waals surface area (Å²) < 4.78 is 15.1. The molecule has 1 heterocycles. The van der Waals surface area contributed by atoms with Gasteiger partial charge in [0.05, 0.1) is 27.3 Å². The topological polar surface area (TPSA) is 107 Å². The van der Waals surface area contributed by atoms with Crippen LogP contribution in [0.3, 0.4) is 0 Å². The van der Waals surface area contributed by atoms with Crippen molar-refractivity contribution >= 4 is 39.9 Å². The van der Waals surface area contributed by atoms with Gasteiger partial charge in [-0.1, -0.05) is 49.0 Å². The number of thioether (sulfide) groups is 1. The minimum absolute atomic E-state index is 0.0962. The van der Waals surface area contributed by atoms with E-state index in [9.17, 15) is 24.1 Å². The van der Waals surface area contributed by atoms with Gasteiger partial charge in [0, 0.05) is 11.8 Å². The Hall–Kier alpha value is -4.05. The summed E-state index contributed by atoms with van der Waals surface area (Å²) in [5.41, 5.74) is 1.26. The van der Waals surface area contributed by atoms with Crippen LogP contribution in [0.1, 0.15) is 12.5 Å². The second-order valence-electron chi connectivity index (χ2n) is 7.29. The predicted octanol–water partition coefficient (Wildman–Crippen LogP) is 4.73. The minimum Gasteiger partial charge on any atom is -0.325 e. The third kappa shape index (κ3) is 4.67. The second kappa shape index (κ2) is 9.84. The number of aromatic nitrogens is 2. The molecule has 0 saturated carbocycles. The molecule has 0 aliphatic heterocycles. The quantitative estimate of drug-likeness (QED) is 0.178. The highest BCUT2D eigenvalue weighted by Gasteiger charge is 2.18. The van der Waals surface area contributed by atoms with Gasteiger partial charge in [0.1, 0.15) is 0 Å². The lowest BCUT2D eigenvalue weighted by molar-refractivity contribution is -0.387. The number of aryl methyl sites for hydroxylation is 1. The van der Waals surface area contributed by atoms with Crippen molar-refractivity contribution in [1.82, 2.24) is 9.55 Å². The molecule has 34 heavy (non-hydrogen) atoms. The number of hydrogen-bond acceptors (Lipinski definition) is 6. The van der Waals surface area contributed by atoms with Crippen LogP contribution in [0.15, 0.2) is 76.7 Å². The molecule has 1 amide bonds. The number of benzene rings is 3. The number of halogens is 1. The Labute approximate surface area is 197 Å². The maximum Gasteiger partial charge on any atom is 0.306 e. The Morgan fingerprint density at radius 3 is 2.65 bits per heavy atom. The average Bonchev–Trinajstić information content (AvgIpc) is 2.84. The van der Waals surface area contributed by atoms with Gasteiger partial charge < -0.3 is 5.32 Å². The molecule has 1 N–H and O–H groups in total. The number of anilines is 1. The number of rotatable bonds is 7. The standard InChI is InChI=1S/C24H19FN4O4S/c1-2-15-7-3-6-10-20(15)28-23(31)17-8-4-5-9-19(17)27-24(28)34-14-22(30)26-16-11-12-18(25)21(13-16)29(32)33/h3-13H,2,14H2,1H3,(H,26,30). The fourth-order valence-electron chi connectivity index (χ4n) is 3.51. The van der Waals surface area contributed by atoms with Gasteiger partial charge in [-0.15, -0.1) is 0 Å². The molecule has 3 aromatic carbocycles. The van der Waals surface area contributed by atoms with Crippen LogP contribution in [0.2, 0.25) is 0 Å². The number of amides is 1. The summed E-state index contributed by atoms with van der Waals surface area (Å²) in [6, 6.07) is 17.6. The third-order valence-electron chi connectivity index (χ3n) is 5.12. The lowest BCUT2D eigenvalue weighted by Crippen LogP contribution is -2.23. The molecule has 4 aromatic rings. The molecule has 0 radical (unpaired) electrons. The molecule has 0 aliphatic carbocycles. The highest BCUT2D eigenvalue weighted by atomic mass is 32.2. The monoisotopic (exact) mass is 478 g/mol. The molecule has 172 valence electrons. The number of fused-ring (bicyclic) bond motifs is 1. The van der Waals surface area contributed by atoms with Crippen LogP contribution in [-0.4, -0.2) is 26.1 Å². The molecule has 1 aromatic heterocycles. The van der Waals surface area contributed by atoms with Gasteiger partial charge in [0.2, 0.25) is 11.7 Å². The van der Waals surface area contributed by atoms with Crippen LogP contribution < -0.4 is 10.9 Å². The fraction of sp³-hybridized carbons (Fsp3) is 0.125. The largest absolute Gasteiger partial charge is 0.325 e. The predicted molar refractivity (Wildman–Crippen MR) is 129 cm³/mol. The second-order valence-corrected chi connectivity index (χ2v) is 8.24. The normalized spacial score (nSPS) is 10.9. The molecule has 0 spiro atoms. The zero-order valence-corrected chi connectivity index (χ0v) is 18.8. The molecule has 0 atom stereocenters. The number of para-hydroxylation sites is 2. The van der Waals surface area contributed by atoms with Crippen molar-refractivity contribution in [2.75, 3.05) is 11.1 Å². The van der Waals surface area contributed by atoms with E-state index in [4.69, 9.17) is 0 Å². The number of nitrogens with zero attached hydrogens (tertiary/aromatic N) is 3. The van der Waals surface area contributed by atoms with E-state index in [1.54, 1.807) is 24.3 Å². The number of carbonyl (C=O) groups is 1. The molecule has 0 saturated heterocycles. The summed E-state index contributed by atoms with van der Waals surface area (Å²) in [6.45, 7) is 1.99. The Balaban J connectivity index is 1.67. The fourth-order valence-corrected chi connectivity index (χ4v) is 4.31. The van der Waals surface area contributed by atoms with E-state index in [1.807, 2.05) is 31.2 Å². The van der Waals surface area contributed by atoms with Crippen molar-refractivity contribution in [3.8, 4) is 5.69 Å². The molecule has 0 fully saturated rings. The van der Waals surface area contributed by atoms with Gasteiger partial charge in [-0.3, -0.25) is 24.3 Å². The molecular formula is C24H19FN4O4S. The number of carbonyl (C=O) groups excluding carboxylic acids is 1. The van der Waals surface area contributed by atoms with Crippen LogP contribution in [0, 0.1) is 15.9 Å². The van der Waals surface area contributed by atoms with Crippen LogP contribution in [-0.2, 0) is 11.2 Å². The van der Waals surface area contributed by atoms with Crippen LogP contribution in [0.25, 0.3) is 16.6 Å². The third-order valence-corrected chi connectivity index (χ3v) is 6.06. The summed E-state index contributed by atoms with van der Waals surface area (Å²) in [7, 11) is 0. The summed E-state index contributed by atoms with van der Waals surface area (Å²) in [5, 5.41) is 14.3. The first-order valence-electron chi connectivity index (χ1n) is 10.4. The van der Waals surface area contributed by atoms with Gasteiger partial charge in [0.25, 0.3) is 5.56 Å². The summed E-state index contributed by atoms with van der Waals surface area (Å²) in [4.78, 5) is 40.7. The first kappa shape index (κ1) is 23.1. The van der Waals surface area contributed by atoms with Gasteiger partial charge in [-0.05, 0) is 42.3 Å². The molecular weight excluding hydrogens is 459 g/mol. The molecule has 0 unspecified atom stereocenters. The molecule has 4 rings (SSSR count). The molecule has 10 heteroatoms. The Kier molecular flexibility index (Phi) is 6.69. The van der Waals surface area contributed by atoms with Crippen molar-refractivity contribution < 1.29 is 14.1 Å². The number of nitro groups is 1. The van der Waals surface area contributed by atoms with Gasteiger partial charge in [-0.2, -0.15) is 4.39 Å². The van der Waals surface area contributed by atoms with Crippen LogP contribution in [0.5, 0.6) is 0 Å². The molecule has 0 bridgehead atoms. The van der Waals surface area contributed by atoms with Crippen LogP contribution in [0.4, 0.5) is 15.8 Å². The van der Waals surface area contributed by atoms with E-state index in [1.165, 1.54) is 10.6 Å². The maximum absolute atomic E-state index is 13.6. The zero-order valence-electron chi connectivity index (χ0n) is 18.0. The zero-order chi connectivity index (χ0) is 24.2. The van der Waals surface area contributed by atoms with E-state index in [2.05, 4.69) is 10.3 Å². The van der Waals surface area contributed by atoms with E-state index in [0.29, 0.717) is 28.2 Å².